The predicted molar refractivity (Wildman–Crippen MR) is 74.7 cm³/mol. The molecule has 1 saturated heterocycles. The van der Waals surface area contributed by atoms with E-state index in [1.807, 2.05) is 24.3 Å². The lowest BCUT2D eigenvalue weighted by Crippen LogP contribution is -2.30. The smallest absolute Gasteiger partial charge is 0.233 e. The van der Waals surface area contributed by atoms with E-state index in [-0.39, 0.29) is 23.8 Å². The minimum atomic E-state index is -0.111. The van der Waals surface area contributed by atoms with Gasteiger partial charge in [0.25, 0.3) is 0 Å². The number of aliphatic hydroxyl groups is 1. The Balaban J connectivity index is 2.13. The van der Waals surface area contributed by atoms with Gasteiger partial charge >= 0.3 is 0 Å². The molecule has 2 rings (SSSR count). The van der Waals surface area contributed by atoms with Crippen molar-refractivity contribution in [3.05, 3.63) is 29.8 Å². The van der Waals surface area contributed by atoms with Gasteiger partial charge in [0.05, 0.1) is 12.4 Å². The molecule has 2 N–H and O–H groups in total. The summed E-state index contributed by atoms with van der Waals surface area (Å²) in [5.74, 6) is 0.382. The first-order valence-electron chi connectivity index (χ1n) is 6.01. The summed E-state index contributed by atoms with van der Waals surface area (Å²) in [7, 11) is 0. The van der Waals surface area contributed by atoms with Crippen LogP contribution < -0.4 is 5.32 Å². The second kappa shape index (κ2) is 6.08. The second-order valence-electron chi connectivity index (χ2n) is 4.28. The van der Waals surface area contributed by atoms with Crippen molar-refractivity contribution in [2.24, 2.45) is 0 Å². The van der Waals surface area contributed by atoms with Gasteiger partial charge < -0.3 is 15.3 Å². The third-order valence-corrected chi connectivity index (χ3v) is 4.08. The van der Waals surface area contributed by atoms with Crippen LogP contribution in [0.3, 0.4) is 0 Å². The van der Waals surface area contributed by atoms with Crippen LogP contribution in [0.25, 0.3) is 0 Å². The Morgan fingerprint density at radius 3 is 2.74 bits per heavy atom. The Labute approximate surface area is 116 Å². The number of hydrogen-bond donors (Lipinski definition) is 2. The fourth-order valence-electron chi connectivity index (χ4n) is 2.01. The summed E-state index contributed by atoms with van der Waals surface area (Å²) in [6.45, 7) is 1.78. The molecule has 1 aromatic carbocycles. The predicted octanol–water partition coefficient (Wildman–Crippen LogP) is 1.21. The van der Waals surface area contributed by atoms with Crippen molar-refractivity contribution in [3.63, 3.8) is 0 Å². The number of thioether (sulfide) groups is 1. The number of carbonyl (C=O) groups excluding carboxylic acids is 2. The van der Waals surface area contributed by atoms with Gasteiger partial charge in [-0.15, -0.1) is 11.8 Å². The van der Waals surface area contributed by atoms with E-state index in [4.69, 9.17) is 5.11 Å². The van der Waals surface area contributed by atoms with E-state index in [2.05, 4.69) is 5.32 Å². The molecule has 0 bridgehead atoms. The first-order chi connectivity index (χ1) is 9.11. The molecule has 1 fully saturated rings. The first-order valence-corrected chi connectivity index (χ1v) is 7.06. The molecule has 2 amide bonds. The van der Waals surface area contributed by atoms with Crippen LogP contribution in [0.1, 0.15) is 17.9 Å². The fourth-order valence-corrected chi connectivity index (χ4v) is 3.23. The van der Waals surface area contributed by atoms with Crippen molar-refractivity contribution < 1.29 is 14.7 Å². The van der Waals surface area contributed by atoms with Crippen LogP contribution >= 0.6 is 11.8 Å². The van der Waals surface area contributed by atoms with Crippen LogP contribution in [0.5, 0.6) is 0 Å². The maximum absolute atomic E-state index is 11.7. The first kappa shape index (κ1) is 13.9. The van der Waals surface area contributed by atoms with Gasteiger partial charge in [-0.1, -0.05) is 12.1 Å². The Hall–Kier alpha value is -1.53. The van der Waals surface area contributed by atoms with Crippen LogP contribution in [0.15, 0.2) is 24.3 Å². The maximum atomic E-state index is 11.7. The van der Waals surface area contributed by atoms with Crippen LogP contribution in [-0.4, -0.2) is 40.7 Å². The van der Waals surface area contributed by atoms with Crippen molar-refractivity contribution in [1.29, 1.82) is 0 Å². The molecule has 1 unspecified atom stereocenters. The van der Waals surface area contributed by atoms with Gasteiger partial charge in [0.1, 0.15) is 5.37 Å². The molecular formula is C13H16N2O3S. The zero-order valence-corrected chi connectivity index (χ0v) is 11.4. The lowest BCUT2D eigenvalue weighted by Gasteiger charge is -2.23. The monoisotopic (exact) mass is 280 g/mol. The van der Waals surface area contributed by atoms with Crippen molar-refractivity contribution in [1.82, 2.24) is 4.90 Å². The third-order valence-electron chi connectivity index (χ3n) is 2.83. The quantitative estimate of drug-likeness (QED) is 0.870. The Bertz CT molecular complexity index is 475. The molecular weight excluding hydrogens is 264 g/mol. The van der Waals surface area contributed by atoms with Crippen LogP contribution in [0.4, 0.5) is 5.69 Å². The van der Waals surface area contributed by atoms with Gasteiger partial charge in [-0.3, -0.25) is 9.59 Å². The van der Waals surface area contributed by atoms with E-state index in [0.717, 1.165) is 11.3 Å². The molecule has 1 aromatic rings. The summed E-state index contributed by atoms with van der Waals surface area (Å²) < 4.78 is 0. The number of rotatable bonds is 4. The lowest BCUT2D eigenvalue weighted by molar-refractivity contribution is -0.128. The zero-order chi connectivity index (χ0) is 13.8. The highest BCUT2D eigenvalue weighted by Crippen LogP contribution is 2.38. The summed E-state index contributed by atoms with van der Waals surface area (Å²) in [6.07, 6.45) is 0. The number of nitrogens with zero attached hydrogens (tertiary/aromatic N) is 1. The Kier molecular flexibility index (Phi) is 4.44. The highest BCUT2D eigenvalue weighted by atomic mass is 32.2. The van der Waals surface area contributed by atoms with E-state index < -0.39 is 0 Å². The Morgan fingerprint density at radius 1 is 1.47 bits per heavy atom. The average molecular weight is 280 g/mol. The van der Waals surface area contributed by atoms with Crippen LogP contribution in [0, 0.1) is 0 Å². The summed E-state index contributed by atoms with van der Waals surface area (Å²) in [6, 6.07) is 7.42. The topological polar surface area (TPSA) is 69.6 Å². The molecule has 1 aliphatic rings. The van der Waals surface area contributed by atoms with E-state index in [9.17, 15) is 9.59 Å². The molecule has 1 heterocycles. The normalized spacial score (nSPS) is 18.7. The number of hydrogen-bond acceptors (Lipinski definition) is 4. The second-order valence-corrected chi connectivity index (χ2v) is 5.35. The molecule has 0 saturated carbocycles. The third kappa shape index (κ3) is 3.27. The molecule has 102 valence electrons. The summed E-state index contributed by atoms with van der Waals surface area (Å²) >= 11 is 1.55. The molecule has 1 atom stereocenters. The maximum Gasteiger partial charge on any atom is 0.233 e. The molecule has 6 heteroatoms. The molecule has 5 nitrogen and oxygen atoms in total. The van der Waals surface area contributed by atoms with Crippen molar-refractivity contribution in [2.75, 3.05) is 24.2 Å². The van der Waals surface area contributed by atoms with Gasteiger partial charge in [-0.05, 0) is 17.7 Å². The molecule has 0 aromatic heterocycles. The summed E-state index contributed by atoms with van der Waals surface area (Å²) in [5, 5.41) is 11.7. The summed E-state index contributed by atoms with van der Waals surface area (Å²) in [5.41, 5.74) is 1.73. The average Bonchev–Trinajstić information content (AvgIpc) is 2.72. The minimum Gasteiger partial charge on any atom is -0.395 e. The zero-order valence-electron chi connectivity index (χ0n) is 10.6. The number of carbonyl (C=O) groups is 2. The van der Waals surface area contributed by atoms with Gasteiger partial charge in [0, 0.05) is 19.2 Å². The lowest BCUT2D eigenvalue weighted by atomic mass is 10.2. The van der Waals surface area contributed by atoms with E-state index in [0.29, 0.717) is 12.3 Å². The number of benzene rings is 1. The van der Waals surface area contributed by atoms with Gasteiger partial charge in [0.15, 0.2) is 0 Å². The van der Waals surface area contributed by atoms with Gasteiger partial charge in [0.2, 0.25) is 11.8 Å². The molecule has 0 spiro atoms. The van der Waals surface area contributed by atoms with Crippen molar-refractivity contribution in [2.45, 2.75) is 12.3 Å². The van der Waals surface area contributed by atoms with Crippen molar-refractivity contribution >= 4 is 29.3 Å². The van der Waals surface area contributed by atoms with Gasteiger partial charge in [-0.25, -0.2) is 0 Å². The largest absolute Gasteiger partial charge is 0.395 e. The molecule has 1 aliphatic heterocycles. The van der Waals surface area contributed by atoms with Crippen molar-refractivity contribution in [3.8, 4) is 0 Å². The van der Waals surface area contributed by atoms with E-state index in [1.165, 1.54) is 6.92 Å². The van der Waals surface area contributed by atoms with Crippen LogP contribution in [0.2, 0.25) is 0 Å². The fraction of sp³-hybridized carbons (Fsp3) is 0.385. The number of anilines is 1. The van der Waals surface area contributed by atoms with E-state index >= 15 is 0 Å². The van der Waals surface area contributed by atoms with Gasteiger partial charge in [-0.2, -0.15) is 0 Å². The highest BCUT2D eigenvalue weighted by Gasteiger charge is 2.32. The molecule has 0 radical (unpaired) electrons. The number of β-amino-alcohol motifs (C(OH)–C–C–N with tert-alkyl or cyclic N) is 1. The number of nitrogens with one attached hydrogen (secondary N) is 1. The number of amides is 2. The molecule has 0 aliphatic carbocycles. The summed E-state index contributed by atoms with van der Waals surface area (Å²) in [4.78, 5) is 24.3. The standard InChI is InChI=1S/C13H16N2O3S/c1-9(17)14-11-4-2-10(3-5-11)13-15(6-7-16)12(18)8-19-13/h2-5,13,16H,6-8H2,1H3,(H,14,17). The Morgan fingerprint density at radius 2 is 2.16 bits per heavy atom. The highest BCUT2D eigenvalue weighted by molar-refractivity contribution is 8.00. The SMILES string of the molecule is CC(=O)Nc1ccc(C2SCC(=O)N2CCO)cc1. The molecule has 19 heavy (non-hydrogen) atoms. The van der Waals surface area contributed by atoms with E-state index in [1.54, 1.807) is 16.7 Å². The number of aliphatic hydroxyl groups excluding tert-OH is 1. The minimum absolute atomic E-state index is 0.0349. The van der Waals surface area contributed by atoms with Crippen LogP contribution in [-0.2, 0) is 9.59 Å².